The third-order valence-corrected chi connectivity index (χ3v) is 7.88. The van der Waals surface area contributed by atoms with Crippen molar-refractivity contribution < 1.29 is 27.1 Å². The van der Waals surface area contributed by atoms with E-state index in [1.54, 1.807) is 53.4 Å². The molecule has 184 valence electrons. The number of rotatable bonds is 8. The Morgan fingerprint density at radius 2 is 1.69 bits per heavy atom. The lowest BCUT2D eigenvalue weighted by Gasteiger charge is -2.30. The number of ether oxygens (including phenoxy) is 2. The maximum absolute atomic E-state index is 13.7. The quantitative estimate of drug-likeness (QED) is 0.460. The largest absolute Gasteiger partial charge is 0.497 e. The monoisotopic (exact) mass is 498 g/mol. The number of hydrogen-bond acceptors (Lipinski definition) is 5. The van der Waals surface area contributed by atoms with Crippen molar-refractivity contribution >= 4 is 21.6 Å². The molecule has 9 heteroatoms. The molecule has 3 aromatic carbocycles. The molecule has 35 heavy (non-hydrogen) atoms. The molecule has 1 aliphatic rings. The molecule has 0 spiro atoms. The third-order valence-electron chi connectivity index (χ3n) is 6.10. The average Bonchev–Trinajstić information content (AvgIpc) is 3.37. The molecule has 0 aliphatic carbocycles. The van der Waals surface area contributed by atoms with Crippen LogP contribution in [0, 0.1) is 5.82 Å². The van der Waals surface area contributed by atoms with E-state index < -0.39 is 10.0 Å². The van der Waals surface area contributed by atoms with Crippen LogP contribution < -0.4 is 13.8 Å². The highest BCUT2D eigenvalue weighted by molar-refractivity contribution is 7.92. The van der Waals surface area contributed by atoms with Crippen LogP contribution in [0.15, 0.2) is 77.7 Å². The number of anilines is 1. The number of carbonyl (C=O) groups excluding carboxylic acids is 1. The Bertz CT molecular complexity index is 1280. The van der Waals surface area contributed by atoms with Crippen LogP contribution in [0.25, 0.3) is 0 Å². The van der Waals surface area contributed by atoms with E-state index in [1.165, 1.54) is 38.5 Å². The van der Waals surface area contributed by atoms with Crippen molar-refractivity contribution in [3.63, 3.8) is 0 Å². The van der Waals surface area contributed by atoms with E-state index in [0.29, 0.717) is 23.7 Å². The summed E-state index contributed by atoms with van der Waals surface area (Å²) in [6.45, 7) is 0.106. The number of methoxy groups -OCH3 is 2. The van der Waals surface area contributed by atoms with E-state index in [9.17, 15) is 17.6 Å². The highest BCUT2D eigenvalue weighted by Crippen LogP contribution is 2.33. The average molecular weight is 499 g/mol. The van der Waals surface area contributed by atoms with Crippen LogP contribution in [0.3, 0.4) is 0 Å². The van der Waals surface area contributed by atoms with E-state index in [1.807, 2.05) is 0 Å². The Kier molecular flexibility index (Phi) is 7.25. The molecule has 4 rings (SSSR count). The van der Waals surface area contributed by atoms with Crippen molar-refractivity contribution in [1.82, 2.24) is 4.90 Å². The van der Waals surface area contributed by atoms with Gasteiger partial charge in [-0.15, -0.1) is 0 Å². The fourth-order valence-electron chi connectivity index (χ4n) is 4.27. The lowest BCUT2D eigenvalue weighted by molar-refractivity contribution is -0.130. The summed E-state index contributed by atoms with van der Waals surface area (Å²) >= 11 is 0. The van der Waals surface area contributed by atoms with Gasteiger partial charge in [-0.05, 0) is 66.9 Å². The van der Waals surface area contributed by atoms with Crippen LogP contribution in [-0.4, -0.2) is 46.5 Å². The molecule has 1 heterocycles. The molecule has 0 radical (unpaired) electrons. The van der Waals surface area contributed by atoms with Gasteiger partial charge in [-0.3, -0.25) is 9.10 Å². The minimum atomic E-state index is -4.09. The zero-order chi connectivity index (χ0) is 25.0. The van der Waals surface area contributed by atoms with Crippen molar-refractivity contribution in [2.75, 3.05) is 31.6 Å². The number of benzene rings is 3. The summed E-state index contributed by atoms with van der Waals surface area (Å²) in [6.07, 6.45) is 1.50. The third kappa shape index (κ3) is 5.24. The topological polar surface area (TPSA) is 76.2 Å². The van der Waals surface area contributed by atoms with Crippen molar-refractivity contribution in [2.45, 2.75) is 23.8 Å². The van der Waals surface area contributed by atoms with E-state index in [-0.39, 0.29) is 29.2 Å². The first-order valence-electron chi connectivity index (χ1n) is 11.2. The molecule has 1 aliphatic heterocycles. The van der Waals surface area contributed by atoms with Gasteiger partial charge in [0.25, 0.3) is 10.0 Å². The number of likely N-dealkylation sites (tertiary alicyclic amines) is 1. The molecule has 0 saturated carbocycles. The van der Waals surface area contributed by atoms with Crippen molar-refractivity contribution in [3.05, 3.63) is 84.2 Å². The van der Waals surface area contributed by atoms with Gasteiger partial charge in [-0.2, -0.15) is 0 Å². The predicted octanol–water partition coefficient (Wildman–Crippen LogP) is 4.40. The highest BCUT2D eigenvalue weighted by Gasteiger charge is 2.34. The Hall–Kier alpha value is -3.59. The van der Waals surface area contributed by atoms with Gasteiger partial charge >= 0.3 is 0 Å². The summed E-state index contributed by atoms with van der Waals surface area (Å²) in [5, 5.41) is 0. The van der Waals surface area contributed by atoms with Crippen LogP contribution in [0.2, 0.25) is 0 Å². The Labute approximate surface area is 204 Å². The standard InChI is InChI=1S/C26H27FN2O5S/c1-33-22-12-14-24(15-13-22)35(31,32)29(21-5-3-6-23(17-21)34-2)18-26(30)28-16-4-7-25(28)19-8-10-20(27)11-9-19/h3,5-6,8-15,17,25H,4,7,16,18H2,1-2H3. The molecule has 1 unspecified atom stereocenters. The Morgan fingerprint density at radius 3 is 2.34 bits per heavy atom. The van der Waals surface area contributed by atoms with Gasteiger partial charge in [0.2, 0.25) is 5.91 Å². The smallest absolute Gasteiger partial charge is 0.264 e. The lowest BCUT2D eigenvalue weighted by atomic mass is 10.0. The number of carbonyl (C=O) groups is 1. The molecule has 0 aromatic heterocycles. The fraction of sp³-hybridized carbons (Fsp3) is 0.269. The highest BCUT2D eigenvalue weighted by atomic mass is 32.2. The van der Waals surface area contributed by atoms with Gasteiger partial charge in [-0.25, -0.2) is 12.8 Å². The van der Waals surface area contributed by atoms with E-state index in [2.05, 4.69) is 0 Å². The normalized spacial score (nSPS) is 15.6. The van der Waals surface area contributed by atoms with Crippen molar-refractivity contribution in [1.29, 1.82) is 0 Å². The zero-order valence-corrected chi connectivity index (χ0v) is 20.4. The summed E-state index contributed by atoms with van der Waals surface area (Å²) in [5.41, 5.74) is 1.13. The minimum absolute atomic E-state index is 0.0328. The first-order valence-corrected chi connectivity index (χ1v) is 12.6. The molecule has 1 saturated heterocycles. The van der Waals surface area contributed by atoms with Crippen LogP contribution in [0.4, 0.5) is 10.1 Å². The van der Waals surface area contributed by atoms with Gasteiger partial charge in [0, 0.05) is 12.6 Å². The lowest BCUT2D eigenvalue weighted by Crippen LogP contribution is -2.42. The molecule has 3 aromatic rings. The first kappa shape index (κ1) is 24.5. The second-order valence-electron chi connectivity index (χ2n) is 8.19. The number of amides is 1. The van der Waals surface area contributed by atoms with Gasteiger partial charge in [0.05, 0.1) is 30.8 Å². The molecule has 1 atom stereocenters. The fourth-order valence-corrected chi connectivity index (χ4v) is 5.67. The zero-order valence-electron chi connectivity index (χ0n) is 19.6. The SMILES string of the molecule is COc1ccc(S(=O)(=O)N(CC(=O)N2CCCC2c2ccc(F)cc2)c2cccc(OC)c2)cc1. The summed E-state index contributed by atoms with van der Waals surface area (Å²) in [4.78, 5) is 15.2. The van der Waals surface area contributed by atoms with Gasteiger partial charge in [0.15, 0.2) is 0 Å². The number of halogens is 1. The number of sulfonamides is 1. The van der Waals surface area contributed by atoms with E-state index in [4.69, 9.17) is 9.47 Å². The Balaban J connectivity index is 1.68. The maximum atomic E-state index is 13.7. The van der Waals surface area contributed by atoms with Crippen molar-refractivity contribution in [2.24, 2.45) is 0 Å². The molecule has 0 bridgehead atoms. The van der Waals surface area contributed by atoms with E-state index in [0.717, 1.165) is 22.7 Å². The van der Waals surface area contributed by atoms with E-state index >= 15 is 0 Å². The predicted molar refractivity (Wildman–Crippen MR) is 131 cm³/mol. The van der Waals surface area contributed by atoms with Crippen molar-refractivity contribution in [3.8, 4) is 11.5 Å². The second-order valence-corrected chi connectivity index (χ2v) is 10.0. The molecule has 0 N–H and O–H groups in total. The summed E-state index contributed by atoms with van der Waals surface area (Å²) in [7, 11) is -1.10. The van der Waals surface area contributed by atoms with Gasteiger partial charge < -0.3 is 14.4 Å². The van der Waals surface area contributed by atoms with Crippen LogP contribution in [0.1, 0.15) is 24.4 Å². The second kappa shape index (κ2) is 10.4. The summed E-state index contributed by atoms with van der Waals surface area (Å²) < 4.78 is 52.3. The summed E-state index contributed by atoms with van der Waals surface area (Å²) in [6, 6.07) is 18.4. The first-order chi connectivity index (χ1) is 16.8. The van der Waals surface area contributed by atoms with Crippen LogP contribution >= 0.6 is 0 Å². The summed E-state index contributed by atoms with van der Waals surface area (Å²) in [5.74, 6) is 0.304. The maximum Gasteiger partial charge on any atom is 0.264 e. The van der Waals surface area contributed by atoms with Gasteiger partial charge in [-0.1, -0.05) is 18.2 Å². The van der Waals surface area contributed by atoms with Gasteiger partial charge in [0.1, 0.15) is 23.9 Å². The molecular formula is C26H27FN2O5S. The molecular weight excluding hydrogens is 471 g/mol. The number of nitrogens with zero attached hydrogens (tertiary/aromatic N) is 2. The van der Waals surface area contributed by atoms with Crippen LogP contribution in [-0.2, 0) is 14.8 Å². The minimum Gasteiger partial charge on any atom is -0.497 e. The Morgan fingerprint density at radius 1 is 1.00 bits per heavy atom. The molecule has 1 fully saturated rings. The number of hydrogen-bond donors (Lipinski definition) is 0. The molecule has 7 nitrogen and oxygen atoms in total. The molecule has 1 amide bonds. The van der Waals surface area contributed by atoms with Crippen LogP contribution in [0.5, 0.6) is 11.5 Å².